The lowest BCUT2D eigenvalue weighted by atomic mass is 10.2. The number of sulfonamides is 1. The van der Waals surface area contributed by atoms with E-state index in [1.165, 1.54) is 4.90 Å². The lowest BCUT2D eigenvalue weighted by molar-refractivity contribution is -0.903. The smallest absolute Gasteiger partial charge is 0.218 e. The first-order valence-corrected chi connectivity index (χ1v) is 8.45. The SMILES string of the molecule is N#CCC[NH+]1CCN(S(=O)(=O)Cc2ccccc2)CC1. The number of hydrogen-bond donors (Lipinski definition) is 1. The third-order valence-corrected chi connectivity index (χ3v) is 5.46. The van der Waals surface area contributed by atoms with Gasteiger partial charge in [0.05, 0.1) is 51.0 Å². The molecule has 0 atom stereocenters. The largest absolute Gasteiger partial charge is 0.332 e. The first-order valence-electron chi connectivity index (χ1n) is 6.84. The molecular weight excluding hydrogens is 274 g/mol. The van der Waals surface area contributed by atoms with Crippen LogP contribution in [-0.2, 0) is 15.8 Å². The molecule has 1 fully saturated rings. The number of benzene rings is 1. The van der Waals surface area contributed by atoms with Crippen molar-refractivity contribution in [2.45, 2.75) is 12.2 Å². The highest BCUT2D eigenvalue weighted by molar-refractivity contribution is 7.88. The fourth-order valence-electron chi connectivity index (χ4n) is 2.44. The minimum atomic E-state index is -3.23. The van der Waals surface area contributed by atoms with E-state index in [-0.39, 0.29) is 5.75 Å². The molecule has 1 aromatic carbocycles. The minimum absolute atomic E-state index is 0.0708. The molecule has 0 aromatic heterocycles. The van der Waals surface area contributed by atoms with Crippen LogP contribution in [0.25, 0.3) is 0 Å². The molecule has 20 heavy (non-hydrogen) atoms. The maximum Gasteiger partial charge on any atom is 0.218 e. The van der Waals surface area contributed by atoms with Gasteiger partial charge in [-0.1, -0.05) is 30.3 Å². The first-order chi connectivity index (χ1) is 9.62. The van der Waals surface area contributed by atoms with E-state index in [2.05, 4.69) is 6.07 Å². The highest BCUT2D eigenvalue weighted by Gasteiger charge is 2.28. The summed E-state index contributed by atoms with van der Waals surface area (Å²) in [5.74, 6) is 0.0708. The van der Waals surface area contributed by atoms with Crippen LogP contribution in [0.4, 0.5) is 0 Å². The second-order valence-corrected chi connectivity index (χ2v) is 7.02. The summed E-state index contributed by atoms with van der Waals surface area (Å²) >= 11 is 0. The molecule has 1 heterocycles. The molecule has 0 spiro atoms. The fraction of sp³-hybridized carbons (Fsp3) is 0.500. The van der Waals surface area contributed by atoms with Gasteiger partial charge in [-0.2, -0.15) is 9.57 Å². The van der Waals surface area contributed by atoms with Gasteiger partial charge in [-0.3, -0.25) is 0 Å². The number of nitrogens with one attached hydrogen (secondary N) is 1. The van der Waals surface area contributed by atoms with Crippen LogP contribution in [0.1, 0.15) is 12.0 Å². The van der Waals surface area contributed by atoms with Crippen molar-refractivity contribution < 1.29 is 13.3 Å². The van der Waals surface area contributed by atoms with E-state index in [0.717, 1.165) is 25.2 Å². The molecule has 0 aliphatic carbocycles. The molecule has 2 rings (SSSR count). The van der Waals surface area contributed by atoms with Crippen LogP contribution in [0.15, 0.2) is 30.3 Å². The Labute approximate surface area is 120 Å². The summed E-state index contributed by atoms with van der Waals surface area (Å²) in [7, 11) is -3.23. The lowest BCUT2D eigenvalue weighted by Crippen LogP contribution is -3.14. The maximum atomic E-state index is 12.3. The molecule has 1 aliphatic rings. The van der Waals surface area contributed by atoms with Gasteiger partial charge in [-0.25, -0.2) is 8.42 Å². The topological polar surface area (TPSA) is 65.6 Å². The van der Waals surface area contributed by atoms with Gasteiger partial charge in [-0.05, 0) is 5.56 Å². The summed E-state index contributed by atoms with van der Waals surface area (Å²) in [6.07, 6.45) is 0.534. The summed E-state index contributed by atoms with van der Waals surface area (Å²) in [4.78, 5) is 1.32. The zero-order valence-corrected chi connectivity index (χ0v) is 12.3. The number of rotatable bonds is 5. The Morgan fingerprint density at radius 1 is 1.20 bits per heavy atom. The Kier molecular flexibility index (Phi) is 5.12. The number of nitriles is 1. The third kappa shape index (κ3) is 4.04. The number of hydrogen-bond acceptors (Lipinski definition) is 3. The van der Waals surface area contributed by atoms with Crippen LogP contribution in [0.2, 0.25) is 0 Å². The molecule has 0 unspecified atom stereocenters. The summed E-state index contributed by atoms with van der Waals surface area (Å²) in [6.45, 7) is 3.49. The second kappa shape index (κ2) is 6.84. The van der Waals surface area contributed by atoms with Crippen LogP contribution < -0.4 is 4.90 Å². The van der Waals surface area contributed by atoms with Crippen LogP contribution >= 0.6 is 0 Å². The quantitative estimate of drug-likeness (QED) is 0.806. The van der Waals surface area contributed by atoms with Crippen molar-refractivity contribution in [3.8, 4) is 6.07 Å². The summed E-state index contributed by atoms with van der Waals surface area (Å²) in [5.41, 5.74) is 0.826. The summed E-state index contributed by atoms with van der Waals surface area (Å²) in [6, 6.07) is 11.4. The zero-order chi connectivity index (χ0) is 14.4. The molecule has 6 heteroatoms. The number of nitrogens with zero attached hydrogens (tertiary/aromatic N) is 2. The van der Waals surface area contributed by atoms with E-state index in [4.69, 9.17) is 5.26 Å². The minimum Gasteiger partial charge on any atom is -0.332 e. The van der Waals surface area contributed by atoms with Crippen molar-refractivity contribution in [1.29, 1.82) is 5.26 Å². The molecule has 0 saturated carbocycles. The number of quaternary nitrogens is 1. The number of piperazine rings is 1. The van der Waals surface area contributed by atoms with Gasteiger partial charge in [0.25, 0.3) is 0 Å². The fourth-order valence-corrected chi connectivity index (χ4v) is 3.97. The molecule has 0 radical (unpaired) electrons. The maximum absolute atomic E-state index is 12.3. The van der Waals surface area contributed by atoms with Crippen molar-refractivity contribution in [3.63, 3.8) is 0 Å². The van der Waals surface area contributed by atoms with E-state index in [1.807, 2.05) is 30.3 Å². The molecule has 5 nitrogen and oxygen atoms in total. The van der Waals surface area contributed by atoms with Crippen molar-refractivity contribution in [3.05, 3.63) is 35.9 Å². The molecule has 108 valence electrons. The van der Waals surface area contributed by atoms with E-state index in [9.17, 15) is 8.42 Å². The second-order valence-electron chi connectivity index (χ2n) is 5.05. The van der Waals surface area contributed by atoms with Crippen molar-refractivity contribution in [1.82, 2.24) is 4.31 Å². The highest BCUT2D eigenvalue weighted by atomic mass is 32.2. The van der Waals surface area contributed by atoms with Gasteiger partial charge in [0.1, 0.15) is 0 Å². The van der Waals surface area contributed by atoms with Gasteiger partial charge in [0.2, 0.25) is 10.0 Å². The van der Waals surface area contributed by atoms with E-state index >= 15 is 0 Å². The highest BCUT2D eigenvalue weighted by Crippen LogP contribution is 2.10. The first kappa shape index (κ1) is 15.0. The van der Waals surface area contributed by atoms with Gasteiger partial charge in [0, 0.05) is 0 Å². The molecule has 0 bridgehead atoms. The molecule has 1 aromatic rings. The van der Waals surface area contributed by atoms with Crippen molar-refractivity contribution in [2.24, 2.45) is 0 Å². The van der Waals surface area contributed by atoms with Crippen molar-refractivity contribution >= 4 is 10.0 Å². The predicted molar refractivity (Wildman–Crippen MR) is 76.4 cm³/mol. The predicted octanol–water partition coefficient (Wildman–Crippen LogP) is -0.369. The van der Waals surface area contributed by atoms with Crippen LogP contribution in [0.5, 0.6) is 0 Å². The standard InChI is InChI=1S/C14H19N3O2S/c15-7-4-8-16-9-11-17(12-10-16)20(18,19)13-14-5-2-1-3-6-14/h1-3,5-6H,4,8-13H2/p+1. The van der Waals surface area contributed by atoms with Gasteiger partial charge < -0.3 is 4.90 Å². The van der Waals surface area contributed by atoms with Crippen LogP contribution in [0, 0.1) is 11.3 Å². The Morgan fingerprint density at radius 2 is 1.85 bits per heavy atom. The Hall–Kier alpha value is -1.42. The average Bonchev–Trinajstić information content (AvgIpc) is 2.46. The van der Waals surface area contributed by atoms with Gasteiger partial charge in [-0.15, -0.1) is 0 Å². The zero-order valence-electron chi connectivity index (χ0n) is 11.5. The summed E-state index contributed by atoms with van der Waals surface area (Å²) in [5, 5.41) is 8.57. The molecule has 1 saturated heterocycles. The molecule has 1 N–H and O–H groups in total. The van der Waals surface area contributed by atoms with Gasteiger partial charge in [0.15, 0.2) is 0 Å². The third-order valence-electron chi connectivity index (χ3n) is 3.61. The van der Waals surface area contributed by atoms with E-state index < -0.39 is 10.0 Å². The van der Waals surface area contributed by atoms with Crippen LogP contribution in [0.3, 0.4) is 0 Å². The lowest BCUT2D eigenvalue weighted by Gasteiger charge is -2.31. The van der Waals surface area contributed by atoms with E-state index in [0.29, 0.717) is 19.5 Å². The van der Waals surface area contributed by atoms with E-state index in [1.54, 1.807) is 4.31 Å². The van der Waals surface area contributed by atoms with Gasteiger partial charge >= 0.3 is 0 Å². The Morgan fingerprint density at radius 3 is 2.45 bits per heavy atom. The monoisotopic (exact) mass is 294 g/mol. The summed E-state index contributed by atoms with van der Waals surface area (Å²) < 4.78 is 26.3. The Balaban J connectivity index is 1.91. The molecule has 1 aliphatic heterocycles. The molecule has 0 amide bonds. The van der Waals surface area contributed by atoms with Crippen LogP contribution in [-0.4, -0.2) is 45.4 Å². The average molecular weight is 294 g/mol. The molecular formula is C14H20N3O2S+. The Bertz CT molecular complexity index is 558. The van der Waals surface area contributed by atoms with Crippen molar-refractivity contribution in [2.75, 3.05) is 32.7 Å². The normalized spacial score (nSPS) is 17.8.